The van der Waals surface area contributed by atoms with E-state index in [4.69, 9.17) is 5.11 Å². The Kier molecular flexibility index (Phi) is 6.01. The van der Waals surface area contributed by atoms with E-state index in [9.17, 15) is 4.79 Å². The van der Waals surface area contributed by atoms with Crippen molar-refractivity contribution in [3.05, 3.63) is 28.7 Å². The Morgan fingerprint density at radius 2 is 2.35 bits per heavy atom. The summed E-state index contributed by atoms with van der Waals surface area (Å²) in [6.07, 6.45) is 4.06. The highest BCUT2D eigenvalue weighted by Gasteiger charge is 2.25. The monoisotopic (exact) mass is 340 g/mol. The average Bonchev–Trinajstić information content (AvgIpc) is 2.83. The third-order valence-electron chi connectivity index (χ3n) is 3.65. The summed E-state index contributed by atoms with van der Waals surface area (Å²) in [6, 6.07) is 8.05. The Balaban J connectivity index is 1.84. The molecule has 1 aliphatic heterocycles. The Hall–Kier alpha value is -0.910. The fourth-order valence-corrected chi connectivity index (χ4v) is 3.11. The maximum absolute atomic E-state index is 12.1. The molecule has 1 atom stereocenters. The van der Waals surface area contributed by atoms with Gasteiger partial charge < -0.3 is 10.4 Å². The first-order chi connectivity index (χ1) is 9.69. The smallest absolute Gasteiger partial charge is 0.238 e. The van der Waals surface area contributed by atoms with E-state index < -0.39 is 0 Å². The fourth-order valence-electron chi connectivity index (χ4n) is 2.71. The van der Waals surface area contributed by atoms with Gasteiger partial charge in [-0.05, 0) is 50.4 Å². The van der Waals surface area contributed by atoms with Gasteiger partial charge in [0, 0.05) is 22.8 Å². The van der Waals surface area contributed by atoms with Crippen molar-refractivity contribution in [3.8, 4) is 0 Å². The molecule has 1 amide bonds. The maximum atomic E-state index is 12.1. The molecule has 1 saturated heterocycles. The van der Waals surface area contributed by atoms with Gasteiger partial charge >= 0.3 is 0 Å². The van der Waals surface area contributed by atoms with E-state index in [0.717, 1.165) is 42.4 Å². The van der Waals surface area contributed by atoms with E-state index in [-0.39, 0.29) is 12.5 Å². The molecule has 0 bridgehead atoms. The quantitative estimate of drug-likeness (QED) is 0.836. The molecule has 0 spiro atoms. The summed E-state index contributed by atoms with van der Waals surface area (Å²) in [5.74, 6) is 0.0269. The molecule has 1 unspecified atom stereocenters. The molecular weight excluding hydrogens is 320 g/mol. The lowest BCUT2D eigenvalue weighted by Gasteiger charge is -2.23. The van der Waals surface area contributed by atoms with Crippen molar-refractivity contribution >= 4 is 27.5 Å². The predicted molar refractivity (Wildman–Crippen MR) is 83.7 cm³/mol. The van der Waals surface area contributed by atoms with Crippen LogP contribution in [0.5, 0.6) is 0 Å². The maximum Gasteiger partial charge on any atom is 0.238 e. The molecule has 110 valence electrons. The van der Waals surface area contributed by atoms with E-state index in [2.05, 4.69) is 26.1 Å². The number of amides is 1. The Bertz CT molecular complexity index is 453. The molecule has 2 rings (SSSR count). The first kappa shape index (κ1) is 15.5. The van der Waals surface area contributed by atoms with Crippen molar-refractivity contribution in [2.45, 2.75) is 31.7 Å². The lowest BCUT2D eigenvalue weighted by Crippen LogP contribution is -2.36. The topological polar surface area (TPSA) is 52.6 Å². The van der Waals surface area contributed by atoms with Gasteiger partial charge in [0.15, 0.2) is 0 Å². The van der Waals surface area contributed by atoms with E-state index in [1.54, 1.807) is 0 Å². The summed E-state index contributed by atoms with van der Waals surface area (Å²) in [4.78, 5) is 14.3. The van der Waals surface area contributed by atoms with Crippen molar-refractivity contribution < 1.29 is 9.90 Å². The van der Waals surface area contributed by atoms with Crippen LogP contribution in [-0.4, -0.2) is 41.7 Å². The molecular formula is C15H21BrN2O2. The SMILES string of the molecule is O=C(CN1CCCC1CCCO)Nc1cccc(Br)c1. The normalized spacial score (nSPS) is 19.2. The molecule has 0 aliphatic carbocycles. The zero-order valence-corrected chi connectivity index (χ0v) is 13.1. The van der Waals surface area contributed by atoms with Gasteiger partial charge in [-0.2, -0.15) is 0 Å². The number of likely N-dealkylation sites (tertiary alicyclic amines) is 1. The summed E-state index contributed by atoms with van der Waals surface area (Å²) in [7, 11) is 0. The van der Waals surface area contributed by atoms with Crippen LogP contribution < -0.4 is 5.32 Å². The minimum absolute atomic E-state index is 0.0269. The van der Waals surface area contributed by atoms with Crippen molar-refractivity contribution in [1.82, 2.24) is 4.90 Å². The number of halogens is 1. The summed E-state index contributed by atoms with van der Waals surface area (Å²) in [5.41, 5.74) is 0.815. The lowest BCUT2D eigenvalue weighted by atomic mass is 10.1. The number of hydrogen-bond acceptors (Lipinski definition) is 3. The van der Waals surface area contributed by atoms with Crippen LogP contribution in [0.25, 0.3) is 0 Å². The molecule has 0 aromatic heterocycles. The third kappa shape index (κ3) is 4.58. The second-order valence-corrected chi connectivity index (χ2v) is 6.11. The van der Waals surface area contributed by atoms with Gasteiger partial charge in [0.05, 0.1) is 6.54 Å². The number of nitrogens with one attached hydrogen (secondary N) is 1. The molecule has 1 fully saturated rings. The van der Waals surface area contributed by atoms with E-state index >= 15 is 0 Å². The molecule has 20 heavy (non-hydrogen) atoms. The van der Waals surface area contributed by atoms with E-state index in [1.165, 1.54) is 0 Å². The van der Waals surface area contributed by atoms with Gasteiger partial charge in [0.25, 0.3) is 0 Å². The van der Waals surface area contributed by atoms with Crippen LogP contribution >= 0.6 is 15.9 Å². The number of nitrogens with zero attached hydrogens (tertiary/aromatic N) is 1. The standard InChI is InChI=1S/C15H21BrN2O2/c16-12-4-1-5-13(10-12)17-15(20)11-18-8-2-6-14(18)7-3-9-19/h1,4-5,10,14,19H,2-3,6-9,11H2,(H,17,20). The minimum Gasteiger partial charge on any atom is -0.396 e. The van der Waals surface area contributed by atoms with Crippen LogP contribution in [0, 0.1) is 0 Å². The van der Waals surface area contributed by atoms with Gasteiger partial charge in [0.2, 0.25) is 5.91 Å². The number of carbonyl (C=O) groups excluding carboxylic acids is 1. The average molecular weight is 341 g/mol. The van der Waals surface area contributed by atoms with E-state index in [0.29, 0.717) is 12.6 Å². The van der Waals surface area contributed by atoms with Crippen LogP contribution in [0.2, 0.25) is 0 Å². The second kappa shape index (κ2) is 7.76. The van der Waals surface area contributed by atoms with Gasteiger partial charge in [-0.3, -0.25) is 9.69 Å². The van der Waals surface area contributed by atoms with Crippen molar-refractivity contribution in [2.75, 3.05) is 25.0 Å². The third-order valence-corrected chi connectivity index (χ3v) is 4.14. The Labute approximate surface area is 128 Å². The molecule has 0 saturated carbocycles. The van der Waals surface area contributed by atoms with Gasteiger partial charge in [0.1, 0.15) is 0 Å². The van der Waals surface area contributed by atoms with Crippen LogP contribution in [0.4, 0.5) is 5.69 Å². The minimum atomic E-state index is 0.0269. The molecule has 2 N–H and O–H groups in total. The number of hydrogen-bond donors (Lipinski definition) is 2. The first-order valence-electron chi connectivity index (χ1n) is 7.09. The molecule has 0 radical (unpaired) electrons. The summed E-state index contributed by atoms with van der Waals surface area (Å²) >= 11 is 3.39. The number of benzene rings is 1. The fraction of sp³-hybridized carbons (Fsp3) is 0.533. The molecule has 1 heterocycles. The second-order valence-electron chi connectivity index (χ2n) is 5.19. The highest BCUT2D eigenvalue weighted by atomic mass is 79.9. The zero-order valence-electron chi connectivity index (χ0n) is 11.5. The van der Waals surface area contributed by atoms with Gasteiger partial charge in [-0.1, -0.05) is 22.0 Å². The molecule has 1 aromatic carbocycles. The summed E-state index contributed by atoms with van der Waals surface area (Å²) < 4.78 is 0.956. The van der Waals surface area contributed by atoms with Gasteiger partial charge in [-0.25, -0.2) is 0 Å². The van der Waals surface area contributed by atoms with E-state index in [1.807, 2.05) is 24.3 Å². The molecule has 1 aromatic rings. The van der Waals surface area contributed by atoms with Crippen molar-refractivity contribution in [3.63, 3.8) is 0 Å². The molecule has 1 aliphatic rings. The van der Waals surface area contributed by atoms with Crippen LogP contribution in [0.1, 0.15) is 25.7 Å². The molecule has 5 heteroatoms. The van der Waals surface area contributed by atoms with Crippen LogP contribution in [0.15, 0.2) is 28.7 Å². The zero-order chi connectivity index (χ0) is 14.4. The number of rotatable bonds is 6. The summed E-state index contributed by atoms with van der Waals surface area (Å²) in [6.45, 7) is 1.64. The largest absolute Gasteiger partial charge is 0.396 e. The Morgan fingerprint density at radius 1 is 1.50 bits per heavy atom. The Morgan fingerprint density at radius 3 is 3.10 bits per heavy atom. The lowest BCUT2D eigenvalue weighted by molar-refractivity contribution is -0.117. The number of aliphatic hydroxyl groups excluding tert-OH is 1. The highest BCUT2D eigenvalue weighted by molar-refractivity contribution is 9.10. The predicted octanol–water partition coefficient (Wildman–Crippen LogP) is 2.62. The van der Waals surface area contributed by atoms with Crippen LogP contribution in [0.3, 0.4) is 0 Å². The highest BCUT2D eigenvalue weighted by Crippen LogP contribution is 2.21. The first-order valence-corrected chi connectivity index (χ1v) is 7.88. The van der Waals surface area contributed by atoms with Crippen LogP contribution in [-0.2, 0) is 4.79 Å². The molecule has 4 nitrogen and oxygen atoms in total. The van der Waals surface area contributed by atoms with Crippen molar-refractivity contribution in [1.29, 1.82) is 0 Å². The van der Waals surface area contributed by atoms with Crippen molar-refractivity contribution in [2.24, 2.45) is 0 Å². The number of aliphatic hydroxyl groups is 1. The number of carbonyl (C=O) groups is 1. The number of anilines is 1. The van der Waals surface area contributed by atoms with Gasteiger partial charge in [-0.15, -0.1) is 0 Å². The summed E-state index contributed by atoms with van der Waals surface area (Å²) in [5, 5.41) is 11.8.